The normalized spacial score (nSPS) is 18.0. The van der Waals surface area contributed by atoms with Crippen molar-refractivity contribution in [2.45, 2.75) is 44.9 Å². The highest BCUT2D eigenvalue weighted by molar-refractivity contribution is 6.00. The van der Waals surface area contributed by atoms with Crippen LogP contribution in [0.2, 0.25) is 0 Å². The van der Waals surface area contributed by atoms with E-state index >= 15 is 0 Å². The Morgan fingerprint density at radius 1 is 1.09 bits per heavy atom. The summed E-state index contributed by atoms with van der Waals surface area (Å²) in [4.78, 5) is 23.4. The van der Waals surface area contributed by atoms with Crippen LogP contribution in [-0.2, 0) is 4.79 Å². The highest BCUT2D eigenvalue weighted by Gasteiger charge is 2.24. The third-order valence-electron chi connectivity index (χ3n) is 6.00. The van der Waals surface area contributed by atoms with Crippen molar-refractivity contribution in [3.8, 4) is 0 Å². The number of hydrogen-bond donors (Lipinski definition) is 3. The number of aliphatic carboxylic acids is 1. The molecular formula is C24H25FN4O4. The standard InChI is InChI=1S/C24H25FN4O4/c1-14-12-18(25)8-11-20(14)27-24-29-28-23(33-24)22(32)26-19-9-6-17(7-10-19)16-4-2-15(3-5-16)13-21(30)31/h6-12,15-16H,2-5,13H2,1H3,(H,26,32)(H,27,29)(H,30,31). The summed E-state index contributed by atoms with van der Waals surface area (Å²) < 4.78 is 18.6. The van der Waals surface area contributed by atoms with Crippen molar-refractivity contribution in [1.82, 2.24) is 10.2 Å². The number of nitrogens with zero attached hydrogens (tertiary/aromatic N) is 2. The van der Waals surface area contributed by atoms with E-state index in [9.17, 15) is 14.0 Å². The molecule has 1 aliphatic carbocycles. The fraction of sp³-hybridized carbons (Fsp3) is 0.333. The van der Waals surface area contributed by atoms with Gasteiger partial charge in [-0.05, 0) is 85.9 Å². The average Bonchev–Trinajstić information content (AvgIpc) is 3.25. The van der Waals surface area contributed by atoms with Crippen LogP contribution >= 0.6 is 0 Å². The van der Waals surface area contributed by atoms with Gasteiger partial charge in [0.1, 0.15) is 5.82 Å². The van der Waals surface area contributed by atoms with Crippen LogP contribution in [0.3, 0.4) is 0 Å². The number of aryl methyl sites for hydroxylation is 1. The second-order valence-electron chi connectivity index (χ2n) is 8.39. The maximum absolute atomic E-state index is 13.2. The fourth-order valence-corrected chi connectivity index (χ4v) is 4.22. The molecule has 0 unspecified atom stereocenters. The van der Waals surface area contributed by atoms with Gasteiger partial charge < -0.3 is 20.2 Å². The van der Waals surface area contributed by atoms with Crippen molar-refractivity contribution in [2.24, 2.45) is 5.92 Å². The average molecular weight is 452 g/mol. The Labute approximate surface area is 190 Å². The Morgan fingerprint density at radius 3 is 2.48 bits per heavy atom. The van der Waals surface area contributed by atoms with E-state index < -0.39 is 11.9 Å². The van der Waals surface area contributed by atoms with Gasteiger partial charge in [0.2, 0.25) is 0 Å². The first-order chi connectivity index (χ1) is 15.9. The number of nitrogens with one attached hydrogen (secondary N) is 2. The molecular weight excluding hydrogens is 427 g/mol. The molecule has 0 bridgehead atoms. The molecule has 4 rings (SSSR count). The van der Waals surface area contributed by atoms with E-state index in [-0.39, 0.29) is 30.1 Å². The number of rotatable bonds is 7. The summed E-state index contributed by atoms with van der Waals surface area (Å²) in [6.45, 7) is 1.74. The number of carbonyl (C=O) groups excluding carboxylic acids is 1. The number of carbonyl (C=O) groups is 2. The summed E-state index contributed by atoms with van der Waals surface area (Å²) >= 11 is 0. The molecule has 0 saturated heterocycles. The number of carboxylic acid groups (broad SMARTS) is 1. The summed E-state index contributed by atoms with van der Waals surface area (Å²) in [6, 6.07) is 11.9. The predicted molar refractivity (Wildman–Crippen MR) is 120 cm³/mol. The number of aromatic nitrogens is 2. The van der Waals surface area contributed by atoms with Crippen molar-refractivity contribution in [2.75, 3.05) is 10.6 Å². The molecule has 1 aromatic heterocycles. The lowest BCUT2D eigenvalue weighted by molar-refractivity contribution is -0.138. The molecule has 2 aromatic carbocycles. The number of anilines is 3. The van der Waals surface area contributed by atoms with Gasteiger partial charge in [-0.25, -0.2) is 4.39 Å². The molecule has 8 nitrogen and oxygen atoms in total. The molecule has 0 radical (unpaired) electrons. The molecule has 172 valence electrons. The minimum Gasteiger partial charge on any atom is -0.481 e. The quantitative estimate of drug-likeness (QED) is 0.447. The third-order valence-corrected chi connectivity index (χ3v) is 6.00. The summed E-state index contributed by atoms with van der Waals surface area (Å²) in [5.41, 5.74) is 3.04. The lowest BCUT2D eigenvalue weighted by atomic mass is 9.77. The van der Waals surface area contributed by atoms with Gasteiger partial charge in [-0.3, -0.25) is 9.59 Å². The molecule has 1 fully saturated rings. The van der Waals surface area contributed by atoms with Crippen molar-refractivity contribution in [3.63, 3.8) is 0 Å². The largest absolute Gasteiger partial charge is 0.481 e. The van der Waals surface area contributed by atoms with E-state index in [0.717, 1.165) is 25.7 Å². The van der Waals surface area contributed by atoms with E-state index in [2.05, 4.69) is 20.8 Å². The number of amides is 1. The van der Waals surface area contributed by atoms with Crippen LogP contribution in [0, 0.1) is 18.7 Å². The number of hydrogen-bond acceptors (Lipinski definition) is 6. The van der Waals surface area contributed by atoms with Crippen LogP contribution in [-0.4, -0.2) is 27.2 Å². The topological polar surface area (TPSA) is 117 Å². The second-order valence-corrected chi connectivity index (χ2v) is 8.39. The zero-order chi connectivity index (χ0) is 23.4. The van der Waals surface area contributed by atoms with Gasteiger partial charge in [-0.1, -0.05) is 17.2 Å². The Kier molecular flexibility index (Phi) is 6.67. The Hall–Kier alpha value is -3.75. The smallest absolute Gasteiger partial charge is 0.320 e. The van der Waals surface area contributed by atoms with Gasteiger partial charge in [0.25, 0.3) is 0 Å². The molecule has 1 heterocycles. The first-order valence-electron chi connectivity index (χ1n) is 10.9. The summed E-state index contributed by atoms with van der Waals surface area (Å²) in [6.07, 6.45) is 4.01. The van der Waals surface area contributed by atoms with E-state index in [1.807, 2.05) is 24.3 Å². The number of benzene rings is 2. The molecule has 3 aromatic rings. The van der Waals surface area contributed by atoms with Gasteiger partial charge in [0.05, 0.1) is 0 Å². The molecule has 1 aliphatic rings. The monoisotopic (exact) mass is 452 g/mol. The maximum atomic E-state index is 13.2. The van der Waals surface area contributed by atoms with Gasteiger partial charge in [0.15, 0.2) is 0 Å². The highest BCUT2D eigenvalue weighted by Crippen LogP contribution is 2.37. The van der Waals surface area contributed by atoms with Crippen molar-refractivity contribution >= 4 is 29.3 Å². The lowest BCUT2D eigenvalue weighted by Gasteiger charge is -2.28. The maximum Gasteiger partial charge on any atom is 0.320 e. The van der Waals surface area contributed by atoms with E-state index in [4.69, 9.17) is 9.52 Å². The van der Waals surface area contributed by atoms with E-state index in [1.165, 1.54) is 17.7 Å². The van der Waals surface area contributed by atoms with Crippen LogP contribution in [0.4, 0.5) is 21.8 Å². The second kappa shape index (κ2) is 9.81. The van der Waals surface area contributed by atoms with Crippen LogP contribution in [0.25, 0.3) is 0 Å². The number of carboxylic acids is 1. The van der Waals surface area contributed by atoms with Crippen LogP contribution in [0.5, 0.6) is 0 Å². The SMILES string of the molecule is Cc1cc(F)ccc1Nc1nnc(C(=O)Nc2ccc(C3CCC(CC(=O)O)CC3)cc2)o1. The van der Waals surface area contributed by atoms with Crippen molar-refractivity contribution < 1.29 is 23.5 Å². The molecule has 0 atom stereocenters. The van der Waals surface area contributed by atoms with Crippen LogP contribution in [0.15, 0.2) is 46.9 Å². The molecule has 1 saturated carbocycles. The Morgan fingerprint density at radius 2 is 1.82 bits per heavy atom. The van der Waals surface area contributed by atoms with Crippen LogP contribution < -0.4 is 10.6 Å². The van der Waals surface area contributed by atoms with E-state index in [1.54, 1.807) is 13.0 Å². The third kappa shape index (κ3) is 5.74. The highest BCUT2D eigenvalue weighted by atomic mass is 19.1. The molecule has 0 spiro atoms. The fourth-order valence-electron chi connectivity index (χ4n) is 4.22. The van der Waals surface area contributed by atoms with Crippen molar-refractivity contribution in [1.29, 1.82) is 0 Å². The zero-order valence-corrected chi connectivity index (χ0v) is 18.2. The zero-order valence-electron chi connectivity index (χ0n) is 18.2. The van der Waals surface area contributed by atoms with Gasteiger partial charge in [-0.2, -0.15) is 0 Å². The molecule has 33 heavy (non-hydrogen) atoms. The number of halogens is 1. The summed E-state index contributed by atoms with van der Waals surface area (Å²) in [5, 5.41) is 22.2. The lowest BCUT2D eigenvalue weighted by Crippen LogP contribution is -2.16. The van der Waals surface area contributed by atoms with Crippen molar-refractivity contribution in [3.05, 3.63) is 65.3 Å². The molecule has 9 heteroatoms. The first-order valence-corrected chi connectivity index (χ1v) is 10.9. The van der Waals surface area contributed by atoms with Gasteiger partial charge in [0, 0.05) is 17.8 Å². The molecule has 1 amide bonds. The summed E-state index contributed by atoms with van der Waals surface area (Å²) in [7, 11) is 0. The Bertz CT molecular complexity index is 1140. The minimum absolute atomic E-state index is 0.0312. The molecule has 0 aliphatic heterocycles. The minimum atomic E-state index is -0.728. The van der Waals surface area contributed by atoms with Gasteiger partial charge in [-0.15, -0.1) is 5.10 Å². The van der Waals surface area contributed by atoms with Crippen LogP contribution in [0.1, 0.15) is 59.8 Å². The van der Waals surface area contributed by atoms with Gasteiger partial charge >= 0.3 is 23.8 Å². The summed E-state index contributed by atoms with van der Waals surface area (Å²) in [5.74, 6) is -1.14. The van der Waals surface area contributed by atoms with E-state index in [0.29, 0.717) is 22.9 Å². The molecule has 3 N–H and O–H groups in total. The first kappa shape index (κ1) is 22.4. The predicted octanol–water partition coefficient (Wildman–Crippen LogP) is 5.26. The Balaban J connectivity index is 1.32.